The summed E-state index contributed by atoms with van der Waals surface area (Å²) in [5.74, 6) is -1.56. The molecule has 0 saturated carbocycles. The lowest BCUT2D eigenvalue weighted by atomic mass is 10.1. The van der Waals surface area contributed by atoms with E-state index in [1.54, 1.807) is 27.7 Å². The van der Waals surface area contributed by atoms with Gasteiger partial charge in [-0.15, -0.1) is 0 Å². The third-order valence-electron chi connectivity index (χ3n) is 5.40. The maximum atomic E-state index is 15.2. The first-order valence-electron chi connectivity index (χ1n) is 9.08. The Balaban J connectivity index is 1.91. The van der Waals surface area contributed by atoms with E-state index in [4.69, 9.17) is 16.2 Å². The second-order valence-corrected chi connectivity index (χ2v) is 7.30. The van der Waals surface area contributed by atoms with Crippen LogP contribution < -0.4 is 26.5 Å². The van der Waals surface area contributed by atoms with Gasteiger partial charge in [0.05, 0.1) is 11.1 Å². The van der Waals surface area contributed by atoms with Crippen molar-refractivity contribution in [3.63, 3.8) is 0 Å². The second kappa shape index (κ2) is 5.95. The van der Waals surface area contributed by atoms with E-state index < -0.39 is 22.8 Å². The van der Waals surface area contributed by atoms with Gasteiger partial charge in [0.1, 0.15) is 16.8 Å². The maximum absolute atomic E-state index is 15.2. The molecule has 1 atom stereocenters. The molecule has 9 heteroatoms. The number of pyridine rings is 1. The van der Waals surface area contributed by atoms with Crippen LogP contribution in [0.15, 0.2) is 35.3 Å². The van der Waals surface area contributed by atoms with E-state index in [2.05, 4.69) is 0 Å². The molecule has 0 aliphatic carbocycles. The molecule has 29 heavy (non-hydrogen) atoms. The minimum atomic E-state index is -1.39. The van der Waals surface area contributed by atoms with Gasteiger partial charge in [0.15, 0.2) is 17.3 Å². The third-order valence-corrected chi connectivity index (χ3v) is 5.40. The summed E-state index contributed by atoms with van der Waals surface area (Å²) in [7, 11) is 0. The number of aromatic carboxylic acids is 1. The van der Waals surface area contributed by atoms with Crippen molar-refractivity contribution in [3.8, 4) is 17.2 Å². The summed E-state index contributed by atoms with van der Waals surface area (Å²) in [5, 5.41) is 9.41. The highest BCUT2D eigenvalue weighted by molar-refractivity contribution is 5.99. The normalized spacial score (nSPS) is 17.3. The van der Waals surface area contributed by atoms with Crippen molar-refractivity contribution in [2.24, 2.45) is 5.73 Å². The van der Waals surface area contributed by atoms with Crippen LogP contribution in [0.3, 0.4) is 0 Å². The average molecular weight is 396 g/mol. The quantitative estimate of drug-likeness (QED) is 0.443. The van der Waals surface area contributed by atoms with Crippen molar-refractivity contribution >= 4 is 28.2 Å². The van der Waals surface area contributed by atoms with Crippen molar-refractivity contribution in [2.45, 2.75) is 12.5 Å². The van der Waals surface area contributed by atoms with Gasteiger partial charge in [-0.25, -0.2) is 9.18 Å². The number of benzene rings is 2. The summed E-state index contributed by atoms with van der Waals surface area (Å²) in [4.78, 5) is 26.2. The SMILES string of the molecule is Nc1ccc2c(c1)Oc1c(N3CCC(N)C3)c(F)cc3c(=O)c(C(=O)O)cn-2c13. The third kappa shape index (κ3) is 2.47. The fraction of sp³-hybridized carbons (Fsp3) is 0.200. The Morgan fingerprint density at radius 1 is 1.31 bits per heavy atom. The highest BCUT2D eigenvalue weighted by Crippen LogP contribution is 2.47. The fourth-order valence-electron chi connectivity index (χ4n) is 4.06. The lowest BCUT2D eigenvalue weighted by molar-refractivity contribution is 0.0695. The van der Waals surface area contributed by atoms with E-state index in [0.717, 1.165) is 6.07 Å². The van der Waals surface area contributed by atoms with Gasteiger partial charge in [-0.05, 0) is 24.6 Å². The van der Waals surface area contributed by atoms with E-state index in [1.807, 2.05) is 0 Å². The molecule has 5 N–H and O–H groups in total. The maximum Gasteiger partial charge on any atom is 0.341 e. The van der Waals surface area contributed by atoms with Crippen molar-refractivity contribution in [3.05, 3.63) is 52.1 Å². The number of nitrogens with two attached hydrogens (primary N) is 2. The molecule has 3 aromatic rings. The fourth-order valence-corrected chi connectivity index (χ4v) is 4.06. The van der Waals surface area contributed by atoms with Crippen LogP contribution in [0, 0.1) is 5.82 Å². The van der Waals surface area contributed by atoms with Gasteiger partial charge < -0.3 is 30.8 Å². The van der Waals surface area contributed by atoms with Gasteiger partial charge in [-0.2, -0.15) is 0 Å². The first-order chi connectivity index (χ1) is 13.8. The Labute approximate surface area is 163 Å². The molecule has 148 valence electrons. The molecule has 1 aromatic heterocycles. The first kappa shape index (κ1) is 17.5. The number of carboxylic acid groups (broad SMARTS) is 1. The molecule has 8 nitrogen and oxygen atoms in total. The van der Waals surface area contributed by atoms with Crippen LogP contribution in [0.5, 0.6) is 11.5 Å². The molecule has 5 rings (SSSR count). The van der Waals surface area contributed by atoms with Gasteiger partial charge in [-0.3, -0.25) is 4.79 Å². The number of rotatable bonds is 2. The predicted octanol–water partition coefficient (Wildman–Crippen LogP) is 2.05. The Morgan fingerprint density at radius 3 is 2.79 bits per heavy atom. The summed E-state index contributed by atoms with van der Waals surface area (Å²) in [6.07, 6.45) is 1.94. The summed E-state index contributed by atoms with van der Waals surface area (Å²) >= 11 is 0. The van der Waals surface area contributed by atoms with Crippen molar-refractivity contribution in [1.29, 1.82) is 0 Å². The monoisotopic (exact) mass is 396 g/mol. The highest BCUT2D eigenvalue weighted by Gasteiger charge is 2.32. The van der Waals surface area contributed by atoms with Gasteiger partial charge in [0, 0.05) is 37.1 Å². The molecule has 0 radical (unpaired) electrons. The summed E-state index contributed by atoms with van der Waals surface area (Å²) in [5.41, 5.74) is 12.1. The van der Waals surface area contributed by atoms with Crippen LogP contribution in [0.25, 0.3) is 16.6 Å². The number of nitrogens with zero attached hydrogens (tertiary/aromatic N) is 2. The van der Waals surface area contributed by atoms with Crippen molar-refractivity contribution < 1.29 is 19.0 Å². The number of fused-ring (bicyclic) bond motifs is 2. The van der Waals surface area contributed by atoms with E-state index >= 15 is 4.39 Å². The molecule has 0 amide bonds. The van der Waals surface area contributed by atoms with Crippen LogP contribution in [0.4, 0.5) is 15.8 Å². The number of carboxylic acids is 1. The Kier molecular flexibility index (Phi) is 3.59. The number of aromatic nitrogens is 1. The molecule has 3 heterocycles. The smallest absolute Gasteiger partial charge is 0.341 e. The second-order valence-electron chi connectivity index (χ2n) is 7.30. The molecule has 2 aromatic carbocycles. The Hall–Kier alpha value is -3.59. The van der Waals surface area contributed by atoms with E-state index in [9.17, 15) is 14.7 Å². The number of hydrogen-bond acceptors (Lipinski definition) is 6. The summed E-state index contributed by atoms with van der Waals surface area (Å²) in [6.45, 7) is 0.987. The number of halogens is 1. The lowest BCUT2D eigenvalue weighted by Gasteiger charge is -2.29. The molecule has 1 saturated heterocycles. The Bertz CT molecular complexity index is 1270. The number of anilines is 2. The largest absolute Gasteiger partial charge is 0.477 e. The van der Waals surface area contributed by atoms with Crippen molar-refractivity contribution in [1.82, 2.24) is 4.57 Å². The molecule has 2 aliphatic rings. The summed E-state index contributed by atoms with van der Waals surface area (Å²) in [6, 6.07) is 5.86. The van der Waals surface area contributed by atoms with E-state index in [-0.39, 0.29) is 22.9 Å². The molecule has 0 bridgehead atoms. The molecular formula is C20H17FN4O4. The van der Waals surface area contributed by atoms with Crippen LogP contribution in [-0.2, 0) is 0 Å². The number of ether oxygens (including phenoxy) is 1. The number of carbonyl (C=O) groups is 1. The van der Waals surface area contributed by atoms with Crippen LogP contribution >= 0.6 is 0 Å². The van der Waals surface area contributed by atoms with Gasteiger partial charge >= 0.3 is 5.97 Å². The molecule has 0 spiro atoms. The molecule has 1 fully saturated rings. The lowest BCUT2D eigenvalue weighted by Crippen LogP contribution is -2.28. The number of nitrogen functional groups attached to an aromatic ring is 1. The average Bonchev–Trinajstić information content (AvgIpc) is 3.08. The highest BCUT2D eigenvalue weighted by atomic mass is 19.1. The van der Waals surface area contributed by atoms with E-state index in [0.29, 0.717) is 42.2 Å². The minimum Gasteiger partial charge on any atom is -0.477 e. The Morgan fingerprint density at radius 2 is 2.10 bits per heavy atom. The van der Waals surface area contributed by atoms with Gasteiger partial charge in [0.2, 0.25) is 5.43 Å². The molecule has 2 aliphatic heterocycles. The van der Waals surface area contributed by atoms with Crippen LogP contribution in [0.1, 0.15) is 16.8 Å². The zero-order chi connectivity index (χ0) is 20.4. The minimum absolute atomic E-state index is 0.0629. The van der Waals surface area contributed by atoms with Crippen LogP contribution in [0.2, 0.25) is 0 Å². The predicted molar refractivity (Wildman–Crippen MR) is 106 cm³/mol. The van der Waals surface area contributed by atoms with Gasteiger partial charge in [0.25, 0.3) is 0 Å². The first-order valence-corrected chi connectivity index (χ1v) is 9.08. The van der Waals surface area contributed by atoms with E-state index in [1.165, 1.54) is 6.20 Å². The topological polar surface area (TPSA) is 124 Å². The summed E-state index contributed by atoms with van der Waals surface area (Å²) < 4.78 is 22.8. The number of hydrogen-bond donors (Lipinski definition) is 3. The zero-order valence-corrected chi connectivity index (χ0v) is 15.2. The standard InChI is InChI=1S/C20H17FN4O4/c21-13-6-11-16-19(17(13)24-4-3-10(23)7-24)29-15-5-9(22)1-2-14(15)25(16)8-12(18(11)26)20(27)28/h1-2,5-6,8,10H,3-4,7,22-23H2,(H,27,28). The van der Waals surface area contributed by atoms with Crippen LogP contribution in [-0.4, -0.2) is 34.8 Å². The van der Waals surface area contributed by atoms with Gasteiger partial charge in [-0.1, -0.05) is 0 Å². The zero-order valence-electron chi connectivity index (χ0n) is 15.2. The molecule has 1 unspecified atom stereocenters. The molecular weight excluding hydrogens is 379 g/mol. The van der Waals surface area contributed by atoms with Crippen molar-refractivity contribution in [2.75, 3.05) is 23.7 Å².